The second kappa shape index (κ2) is 6.44. The highest BCUT2D eigenvalue weighted by Gasteiger charge is 2.20. The van der Waals surface area contributed by atoms with Crippen molar-refractivity contribution in [3.8, 4) is 0 Å². The van der Waals surface area contributed by atoms with E-state index in [0.717, 1.165) is 0 Å². The average Bonchev–Trinajstić information content (AvgIpc) is 1.81. The molecule has 0 aliphatic carbocycles. The first-order valence-electron chi connectivity index (χ1n) is 3.44. The van der Waals surface area contributed by atoms with Crippen LogP contribution in [0.2, 0.25) is 0 Å². The highest BCUT2D eigenvalue weighted by Crippen LogP contribution is 2.06. The first-order valence-corrected chi connectivity index (χ1v) is 3.44. The van der Waals surface area contributed by atoms with Gasteiger partial charge >= 0.3 is 13.3 Å². The third-order valence-electron chi connectivity index (χ3n) is 0.829. The van der Waals surface area contributed by atoms with Crippen LogP contribution in [0.3, 0.4) is 0 Å². The molecule has 0 radical (unpaired) electrons. The summed E-state index contributed by atoms with van der Waals surface area (Å²) in [6, 6.07) is 0.190. The van der Waals surface area contributed by atoms with Gasteiger partial charge in [0, 0.05) is 4.48 Å². The molecule has 0 amide bonds. The predicted octanol–water partition coefficient (Wildman–Crippen LogP) is 1.38. The van der Waals surface area contributed by atoms with Crippen LogP contribution >= 0.6 is 0 Å². The Morgan fingerprint density at radius 2 is 1.50 bits per heavy atom. The van der Waals surface area contributed by atoms with Crippen molar-refractivity contribution >= 4 is 13.3 Å². The minimum Gasteiger partial charge on any atom is -0.433 e. The fourth-order valence-electron chi connectivity index (χ4n) is 0.584. The Morgan fingerprint density at radius 1 is 1.21 bits per heavy atom. The number of nitrogens with zero attached hydrogens (tertiary/aromatic N) is 2. The van der Waals surface area contributed by atoms with Crippen molar-refractivity contribution in [1.29, 1.82) is 0 Å². The molecule has 0 rings (SSSR count). The first kappa shape index (κ1) is 15.5. The van der Waals surface area contributed by atoms with Gasteiger partial charge in [0.1, 0.15) is 7.05 Å². The Bertz CT molecular complexity index is 183. The lowest BCUT2D eigenvalue weighted by atomic mass is 10.3. The summed E-state index contributed by atoms with van der Waals surface area (Å²) in [5.74, 6) is 0. The lowest BCUT2D eigenvalue weighted by molar-refractivity contribution is -0.483. The highest BCUT2D eigenvalue weighted by molar-refractivity contribution is 6.50. The van der Waals surface area contributed by atoms with Crippen molar-refractivity contribution in [2.45, 2.75) is 0 Å². The lowest BCUT2D eigenvalue weighted by Gasteiger charge is -2.01. The molecule has 0 aliphatic rings. The molecule has 0 unspecified atom stereocenters. The summed E-state index contributed by atoms with van der Waals surface area (Å²) < 4.78 is 57.5. The molecule has 0 saturated heterocycles. The second-order valence-corrected chi connectivity index (χ2v) is 2.35. The van der Waals surface area contributed by atoms with E-state index in [2.05, 4.69) is 4.74 Å². The van der Waals surface area contributed by atoms with Crippen LogP contribution in [-0.2, 0) is 4.74 Å². The number of methoxy groups -OCH3 is 1. The SMILES string of the molecule is COC(N(C)F)=[N+](C)C.F[B-](F)(F)F. The minimum atomic E-state index is -6.00. The summed E-state index contributed by atoms with van der Waals surface area (Å²) in [7, 11) is 0.105. The lowest BCUT2D eigenvalue weighted by Crippen LogP contribution is -2.28. The van der Waals surface area contributed by atoms with Crippen molar-refractivity contribution in [2.75, 3.05) is 28.3 Å². The van der Waals surface area contributed by atoms with Crippen LogP contribution in [-0.4, -0.2) is 51.2 Å². The minimum absolute atomic E-state index is 0.190. The Hall–Kier alpha value is -1.02. The zero-order chi connectivity index (χ0) is 11.9. The van der Waals surface area contributed by atoms with Gasteiger partial charge in [0.2, 0.25) is 0 Å². The smallest absolute Gasteiger partial charge is 0.433 e. The number of ether oxygens (including phenoxy) is 1. The Morgan fingerprint density at radius 3 is 1.50 bits per heavy atom. The predicted molar refractivity (Wildman–Crippen MR) is 43.2 cm³/mol. The number of hydrogen-bond acceptors (Lipinski definition) is 1. The molecule has 0 atom stereocenters. The van der Waals surface area contributed by atoms with E-state index in [0.29, 0.717) is 5.12 Å². The van der Waals surface area contributed by atoms with Crippen LogP contribution in [0.4, 0.5) is 21.7 Å². The average molecular weight is 222 g/mol. The van der Waals surface area contributed by atoms with Gasteiger partial charge in [-0.15, -0.1) is 0 Å². The van der Waals surface area contributed by atoms with Gasteiger partial charge < -0.3 is 22.0 Å². The standard InChI is InChI=1S/C5H12FN2O.BF4/c1-7(2)5(9-4)8(3)6;2-1(3,4)5/h1-4H3;/q+1;-1. The van der Waals surface area contributed by atoms with E-state index in [1.165, 1.54) is 14.2 Å². The molecule has 9 heteroatoms. The monoisotopic (exact) mass is 222 g/mol. The third-order valence-corrected chi connectivity index (χ3v) is 0.829. The number of hydrogen-bond donors (Lipinski definition) is 0. The molecule has 0 aromatic heterocycles. The van der Waals surface area contributed by atoms with Crippen molar-refractivity contribution in [3.63, 3.8) is 0 Å². The molecule has 0 aliphatic heterocycles. The van der Waals surface area contributed by atoms with E-state index in [9.17, 15) is 21.7 Å². The number of rotatable bonds is 0. The normalized spacial score (nSPS) is 9.79. The zero-order valence-electron chi connectivity index (χ0n) is 8.27. The zero-order valence-corrected chi connectivity index (χ0v) is 8.27. The summed E-state index contributed by atoms with van der Waals surface area (Å²) in [4.78, 5) is 0. The molecule has 14 heavy (non-hydrogen) atoms. The van der Waals surface area contributed by atoms with Crippen LogP contribution in [0, 0.1) is 0 Å². The quantitative estimate of drug-likeness (QED) is 0.153. The van der Waals surface area contributed by atoms with Crippen LogP contribution in [0.5, 0.6) is 0 Å². The molecule has 0 heterocycles. The molecular formula is C5H12BF5N2O. The molecule has 3 nitrogen and oxygen atoms in total. The van der Waals surface area contributed by atoms with E-state index in [4.69, 9.17) is 0 Å². The van der Waals surface area contributed by atoms with Gasteiger partial charge in [0.15, 0.2) is 0 Å². The van der Waals surface area contributed by atoms with Crippen LogP contribution in [0.15, 0.2) is 0 Å². The van der Waals surface area contributed by atoms with Crippen molar-refractivity contribution in [1.82, 2.24) is 5.12 Å². The van der Waals surface area contributed by atoms with E-state index in [-0.39, 0.29) is 6.02 Å². The van der Waals surface area contributed by atoms with Gasteiger partial charge in [-0.25, -0.2) is 4.58 Å². The van der Waals surface area contributed by atoms with Gasteiger partial charge in [0.25, 0.3) is 0 Å². The Balaban J connectivity index is 0. The molecule has 0 bridgehead atoms. The maximum absolute atomic E-state index is 12.2. The Kier molecular flexibility index (Phi) is 7.11. The molecule has 0 saturated carbocycles. The van der Waals surface area contributed by atoms with Gasteiger partial charge in [0.05, 0.1) is 21.2 Å². The van der Waals surface area contributed by atoms with E-state index in [1.54, 1.807) is 18.7 Å². The fourth-order valence-corrected chi connectivity index (χ4v) is 0.584. The third kappa shape index (κ3) is 13.6. The van der Waals surface area contributed by atoms with Crippen molar-refractivity contribution < 1.29 is 31.1 Å². The van der Waals surface area contributed by atoms with Crippen LogP contribution < -0.4 is 0 Å². The summed E-state index contributed by atoms with van der Waals surface area (Å²) in [5.41, 5.74) is 0. The van der Waals surface area contributed by atoms with E-state index < -0.39 is 7.25 Å². The van der Waals surface area contributed by atoms with Crippen molar-refractivity contribution in [2.24, 2.45) is 0 Å². The maximum Gasteiger partial charge on any atom is 0.673 e. The number of halogens is 5. The van der Waals surface area contributed by atoms with Crippen LogP contribution in [0.1, 0.15) is 0 Å². The summed E-state index contributed by atoms with van der Waals surface area (Å²) in [6.07, 6.45) is 0. The van der Waals surface area contributed by atoms with Crippen molar-refractivity contribution in [3.05, 3.63) is 0 Å². The molecule has 0 aromatic rings. The van der Waals surface area contributed by atoms with E-state index >= 15 is 0 Å². The number of amidine groups is 1. The molecule has 0 N–H and O–H groups in total. The molecule has 0 fully saturated rings. The van der Waals surface area contributed by atoms with Gasteiger partial charge in [-0.05, 0) is 5.12 Å². The first-order chi connectivity index (χ1) is 6.09. The van der Waals surface area contributed by atoms with Gasteiger partial charge in [-0.3, -0.25) is 0 Å². The fraction of sp³-hybridized carbons (Fsp3) is 0.800. The maximum atomic E-state index is 12.2. The van der Waals surface area contributed by atoms with E-state index in [1.807, 2.05) is 0 Å². The van der Waals surface area contributed by atoms with Gasteiger partial charge in [-0.1, -0.05) is 0 Å². The van der Waals surface area contributed by atoms with Gasteiger partial charge in [-0.2, -0.15) is 0 Å². The Labute approximate surface area is 78.8 Å². The summed E-state index contributed by atoms with van der Waals surface area (Å²) in [6.45, 7) is 0. The second-order valence-electron chi connectivity index (χ2n) is 2.35. The molecular weight excluding hydrogens is 210 g/mol. The van der Waals surface area contributed by atoms with Crippen LogP contribution in [0.25, 0.3) is 0 Å². The summed E-state index contributed by atoms with van der Waals surface area (Å²) in [5, 5.41) is 0.417. The topological polar surface area (TPSA) is 15.5 Å². The molecule has 0 aromatic carbocycles. The molecule has 0 spiro atoms. The summed E-state index contributed by atoms with van der Waals surface area (Å²) >= 11 is 0. The largest absolute Gasteiger partial charge is 0.673 e. The highest BCUT2D eigenvalue weighted by atomic mass is 19.5. The molecule has 86 valence electrons.